The fourth-order valence-corrected chi connectivity index (χ4v) is 4.21. The number of methoxy groups -OCH3 is 3. The third kappa shape index (κ3) is 4.81. The number of nitrogens with zero attached hydrogens (tertiary/aromatic N) is 1. The molecule has 0 saturated carbocycles. The van der Waals surface area contributed by atoms with Gasteiger partial charge in [0.25, 0.3) is 5.24 Å². The van der Waals surface area contributed by atoms with Gasteiger partial charge in [-0.25, -0.2) is 0 Å². The van der Waals surface area contributed by atoms with Crippen LogP contribution in [0.15, 0.2) is 36.4 Å². The number of carbonyl (C=O) groups is 2. The summed E-state index contributed by atoms with van der Waals surface area (Å²) in [4.78, 5) is 26.5. The Labute approximate surface area is 180 Å². The summed E-state index contributed by atoms with van der Waals surface area (Å²) >= 11 is 1.02. The average Bonchev–Trinajstić information content (AvgIpc) is 3.02. The molecular weight excluding hydrogens is 406 g/mol. The lowest BCUT2D eigenvalue weighted by Crippen LogP contribution is -2.35. The molecular formula is C22H25NO6S. The molecule has 7 nitrogen and oxygen atoms in total. The highest BCUT2D eigenvalue weighted by molar-refractivity contribution is 8.15. The van der Waals surface area contributed by atoms with Crippen molar-refractivity contribution in [1.29, 1.82) is 0 Å². The summed E-state index contributed by atoms with van der Waals surface area (Å²) in [5, 5.41) is -0.791. The first-order chi connectivity index (χ1) is 14.5. The molecule has 1 heterocycles. The molecule has 0 radical (unpaired) electrons. The van der Waals surface area contributed by atoms with Crippen molar-refractivity contribution in [3.8, 4) is 23.0 Å². The van der Waals surface area contributed by atoms with Gasteiger partial charge in [0.15, 0.2) is 11.5 Å². The molecule has 0 N–H and O–H groups in total. The Kier molecular flexibility index (Phi) is 7.10. The number of imide groups is 1. The number of hydrogen-bond donors (Lipinski definition) is 0. The van der Waals surface area contributed by atoms with Gasteiger partial charge in [0.1, 0.15) is 18.1 Å². The van der Waals surface area contributed by atoms with Crippen molar-refractivity contribution < 1.29 is 28.5 Å². The molecule has 160 valence electrons. The zero-order valence-corrected chi connectivity index (χ0v) is 18.3. The molecule has 1 atom stereocenters. The first kappa shape index (κ1) is 21.8. The molecule has 2 aromatic carbocycles. The molecule has 8 heteroatoms. The van der Waals surface area contributed by atoms with Gasteiger partial charge in [-0.2, -0.15) is 0 Å². The van der Waals surface area contributed by atoms with Gasteiger partial charge in [-0.1, -0.05) is 29.5 Å². The predicted octanol–water partition coefficient (Wildman–Crippen LogP) is 3.71. The maximum Gasteiger partial charge on any atom is 0.289 e. The van der Waals surface area contributed by atoms with Gasteiger partial charge >= 0.3 is 0 Å². The first-order valence-electron chi connectivity index (χ1n) is 9.47. The van der Waals surface area contributed by atoms with E-state index in [1.54, 1.807) is 33.5 Å². The lowest BCUT2D eigenvalue weighted by molar-refractivity contribution is -0.126. The Balaban J connectivity index is 1.65. The minimum absolute atomic E-state index is 0.206. The lowest BCUT2D eigenvalue weighted by atomic mass is 10.1. The number of carbonyl (C=O) groups excluding carboxylic acids is 2. The van der Waals surface area contributed by atoms with E-state index in [2.05, 4.69) is 0 Å². The molecule has 1 aliphatic heterocycles. The summed E-state index contributed by atoms with van der Waals surface area (Å²) in [6.45, 7) is 2.45. The van der Waals surface area contributed by atoms with E-state index in [-0.39, 0.29) is 24.3 Å². The predicted molar refractivity (Wildman–Crippen MR) is 115 cm³/mol. The lowest BCUT2D eigenvalue weighted by Gasteiger charge is -2.16. The Morgan fingerprint density at radius 1 is 0.933 bits per heavy atom. The van der Waals surface area contributed by atoms with Gasteiger partial charge in [-0.3, -0.25) is 14.5 Å². The zero-order chi connectivity index (χ0) is 21.7. The van der Waals surface area contributed by atoms with Crippen LogP contribution in [-0.2, 0) is 11.2 Å². The quantitative estimate of drug-likeness (QED) is 0.599. The van der Waals surface area contributed by atoms with E-state index in [9.17, 15) is 9.59 Å². The van der Waals surface area contributed by atoms with E-state index in [1.807, 2.05) is 31.2 Å². The SMILES string of the molecule is COc1cc(OC)c(OC)cc1C[C@@H]1SC(=O)N(CCOc2ccc(C)cc2)C1=O. The fraction of sp³-hybridized carbons (Fsp3) is 0.364. The highest BCUT2D eigenvalue weighted by Gasteiger charge is 2.39. The third-order valence-corrected chi connectivity index (χ3v) is 5.88. The number of aryl methyl sites for hydroxylation is 1. The van der Waals surface area contributed by atoms with E-state index >= 15 is 0 Å². The molecule has 1 aliphatic rings. The van der Waals surface area contributed by atoms with Crippen LogP contribution < -0.4 is 18.9 Å². The van der Waals surface area contributed by atoms with Crippen molar-refractivity contribution in [3.63, 3.8) is 0 Å². The van der Waals surface area contributed by atoms with Crippen LogP contribution in [0.1, 0.15) is 11.1 Å². The first-order valence-corrected chi connectivity index (χ1v) is 10.3. The average molecular weight is 432 g/mol. The number of benzene rings is 2. The van der Waals surface area contributed by atoms with E-state index in [1.165, 1.54) is 4.90 Å². The highest BCUT2D eigenvalue weighted by Crippen LogP contribution is 2.38. The molecule has 1 fully saturated rings. The van der Waals surface area contributed by atoms with Crippen molar-refractivity contribution in [2.45, 2.75) is 18.6 Å². The minimum Gasteiger partial charge on any atom is -0.496 e. The summed E-state index contributed by atoms with van der Waals surface area (Å²) in [5.41, 5.74) is 1.91. The maximum absolute atomic E-state index is 12.8. The van der Waals surface area contributed by atoms with Crippen LogP contribution in [0.5, 0.6) is 23.0 Å². The zero-order valence-electron chi connectivity index (χ0n) is 17.5. The van der Waals surface area contributed by atoms with Crippen LogP contribution in [-0.4, -0.2) is 55.8 Å². The normalized spacial score (nSPS) is 16.0. The highest BCUT2D eigenvalue weighted by atomic mass is 32.2. The fourth-order valence-electron chi connectivity index (χ4n) is 3.17. The van der Waals surface area contributed by atoms with Gasteiger partial charge in [0.2, 0.25) is 5.91 Å². The van der Waals surface area contributed by atoms with E-state index in [0.29, 0.717) is 29.4 Å². The molecule has 0 spiro atoms. The van der Waals surface area contributed by atoms with E-state index < -0.39 is 5.25 Å². The van der Waals surface area contributed by atoms with Crippen molar-refractivity contribution in [1.82, 2.24) is 4.90 Å². The van der Waals surface area contributed by atoms with E-state index in [4.69, 9.17) is 18.9 Å². The summed E-state index contributed by atoms with van der Waals surface area (Å²) in [5.74, 6) is 2.14. The van der Waals surface area contributed by atoms with Gasteiger partial charge in [0, 0.05) is 6.07 Å². The minimum atomic E-state index is -0.524. The second-order valence-electron chi connectivity index (χ2n) is 6.75. The standard InChI is InChI=1S/C22H25NO6S/c1-14-5-7-16(8-6-14)29-10-9-23-21(24)20(30-22(23)25)12-15-11-18(27-3)19(28-4)13-17(15)26-2/h5-8,11,13,20H,9-10,12H2,1-4H3/t20-/m0/s1. The van der Waals surface area contributed by atoms with Gasteiger partial charge in [-0.05, 0) is 37.1 Å². The topological polar surface area (TPSA) is 74.3 Å². The number of rotatable bonds is 9. The molecule has 0 unspecified atom stereocenters. The van der Waals surface area contributed by atoms with Gasteiger partial charge in [-0.15, -0.1) is 0 Å². The molecule has 2 aromatic rings. The van der Waals surface area contributed by atoms with Crippen LogP contribution in [0.25, 0.3) is 0 Å². The molecule has 3 rings (SSSR count). The number of hydrogen-bond acceptors (Lipinski definition) is 7. The number of thioether (sulfide) groups is 1. The Hall–Kier alpha value is -2.87. The van der Waals surface area contributed by atoms with Crippen LogP contribution in [0.3, 0.4) is 0 Å². The molecule has 0 aromatic heterocycles. The molecule has 0 bridgehead atoms. The Bertz CT molecular complexity index is 915. The Morgan fingerprint density at radius 2 is 1.57 bits per heavy atom. The summed E-state index contributed by atoms with van der Waals surface area (Å²) in [7, 11) is 4.64. The van der Waals surface area contributed by atoms with Crippen LogP contribution in [0, 0.1) is 6.92 Å². The smallest absolute Gasteiger partial charge is 0.289 e. The van der Waals surface area contributed by atoms with Crippen LogP contribution in [0.2, 0.25) is 0 Å². The number of ether oxygens (including phenoxy) is 4. The van der Waals surface area contributed by atoms with E-state index in [0.717, 1.165) is 22.9 Å². The van der Waals surface area contributed by atoms with Gasteiger partial charge in [0.05, 0.1) is 33.1 Å². The van der Waals surface area contributed by atoms with Crippen molar-refractivity contribution in [3.05, 3.63) is 47.5 Å². The largest absolute Gasteiger partial charge is 0.496 e. The second kappa shape index (κ2) is 9.75. The Morgan fingerprint density at radius 3 is 2.20 bits per heavy atom. The van der Waals surface area contributed by atoms with Crippen molar-refractivity contribution >= 4 is 22.9 Å². The van der Waals surface area contributed by atoms with Crippen LogP contribution in [0.4, 0.5) is 4.79 Å². The third-order valence-electron chi connectivity index (χ3n) is 4.80. The summed E-state index contributed by atoms with van der Waals surface area (Å²) in [6, 6.07) is 11.1. The summed E-state index contributed by atoms with van der Waals surface area (Å²) in [6.07, 6.45) is 0.341. The summed E-state index contributed by atoms with van der Waals surface area (Å²) < 4.78 is 21.7. The van der Waals surface area contributed by atoms with Crippen LogP contribution >= 0.6 is 11.8 Å². The molecule has 0 aliphatic carbocycles. The second-order valence-corrected chi connectivity index (χ2v) is 7.90. The maximum atomic E-state index is 12.8. The van der Waals surface area contributed by atoms with Crippen molar-refractivity contribution in [2.24, 2.45) is 0 Å². The monoisotopic (exact) mass is 431 g/mol. The van der Waals surface area contributed by atoms with Crippen molar-refractivity contribution in [2.75, 3.05) is 34.5 Å². The molecule has 2 amide bonds. The molecule has 1 saturated heterocycles. The van der Waals surface area contributed by atoms with Gasteiger partial charge < -0.3 is 18.9 Å². The number of amides is 2. The molecule has 30 heavy (non-hydrogen) atoms.